The van der Waals surface area contributed by atoms with E-state index >= 15 is 0 Å². The number of anilines is 1. The molecular weight excluding hydrogens is 244 g/mol. The lowest BCUT2D eigenvalue weighted by molar-refractivity contribution is -0.134. The van der Waals surface area contributed by atoms with Gasteiger partial charge in [0.25, 0.3) is 5.56 Å². The molecule has 0 spiro atoms. The lowest BCUT2D eigenvalue weighted by Crippen LogP contribution is -2.16. The molecule has 3 N–H and O–H groups in total. The summed E-state index contributed by atoms with van der Waals surface area (Å²) in [6.45, 7) is 1.90. The van der Waals surface area contributed by atoms with Gasteiger partial charge in [0.15, 0.2) is 10.5 Å². The van der Waals surface area contributed by atoms with Crippen LogP contribution in [0.25, 0.3) is 0 Å². The Kier molecular flexibility index (Phi) is 4.16. The Balaban J connectivity index is 3.16. The number of nitrogens with one attached hydrogen (secondary N) is 1. The van der Waals surface area contributed by atoms with E-state index in [0.717, 1.165) is 6.21 Å². The lowest BCUT2D eigenvalue weighted by atomic mass is 10.4. The molecule has 0 saturated carbocycles. The number of H-pyrrole nitrogens is 1. The van der Waals surface area contributed by atoms with Crippen LogP contribution in [0.5, 0.6) is 0 Å². The largest absolute Gasteiger partial charge is 0.462 e. The van der Waals surface area contributed by atoms with Gasteiger partial charge >= 0.3 is 5.97 Å². The minimum Gasteiger partial charge on any atom is -0.462 e. The van der Waals surface area contributed by atoms with Crippen LogP contribution in [-0.4, -0.2) is 28.3 Å². The van der Waals surface area contributed by atoms with E-state index in [0.29, 0.717) is 0 Å². The van der Waals surface area contributed by atoms with Crippen LogP contribution in [0.2, 0.25) is 0 Å². The molecule has 92 valence electrons. The highest BCUT2D eigenvalue weighted by atomic mass is 32.1. The maximum absolute atomic E-state index is 11.5. The number of ether oxygens (including phenoxy) is 1. The summed E-state index contributed by atoms with van der Waals surface area (Å²) in [5.41, 5.74) is 5.03. The highest BCUT2D eigenvalue weighted by Gasteiger charge is 2.07. The zero-order valence-electron chi connectivity index (χ0n) is 9.39. The number of nitrogen functional groups attached to an aromatic ring is 1. The van der Waals surface area contributed by atoms with Crippen LogP contribution >= 0.6 is 12.2 Å². The van der Waals surface area contributed by atoms with Crippen molar-refractivity contribution in [1.29, 1.82) is 0 Å². The van der Waals surface area contributed by atoms with Crippen LogP contribution in [0.3, 0.4) is 0 Å². The van der Waals surface area contributed by atoms with Crippen molar-refractivity contribution in [3.05, 3.63) is 15.1 Å². The van der Waals surface area contributed by atoms with Gasteiger partial charge in [-0.25, -0.2) is 9.79 Å². The van der Waals surface area contributed by atoms with Crippen LogP contribution in [-0.2, 0) is 16.6 Å². The maximum Gasteiger partial charge on any atom is 0.349 e. The Morgan fingerprint density at radius 2 is 2.35 bits per heavy atom. The summed E-state index contributed by atoms with van der Waals surface area (Å²) in [6, 6.07) is 0. The molecule has 0 saturated heterocycles. The molecule has 1 heterocycles. The number of carbonyl (C=O) groups excluding carboxylic acids is 1. The van der Waals surface area contributed by atoms with E-state index in [1.807, 2.05) is 0 Å². The van der Waals surface area contributed by atoms with E-state index < -0.39 is 11.5 Å². The van der Waals surface area contributed by atoms with Gasteiger partial charge in [-0.05, 0) is 19.1 Å². The smallest absolute Gasteiger partial charge is 0.349 e. The predicted molar refractivity (Wildman–Crippen MR) is 66.1 cm³/mol. The molecule has 0 fully saturated rings. The number of aliphatic imine (C=N–C) groups is 1. The van der Waals surface area contributed by atoms with Gasteiger partial charge in [-0.3, -0.25) is 9.78 Å². The van der Waals surface area contributed by atoms with Crippen LogP contribution in [0, 0.1) is 4.77 Å². The van der Waals surface area contributed by atoms with Crippen molar-refractivity contribution in [2.45, 2.75) is 6.92 Å². The second-order valence-electron chi connectivity index (χ2n) is 3.06. The van der Waals surface area contributed by atoms with Crippen molar-refractivity contribution >= 4 is 35.9 Å². The molecule has 0 bridgehead atoms. The molecule has 1 aromatic heterocycles. The fraction of sp³-hybridized carbons (Fsp3) is 0.333. The van der Waals surface area contributed by atoms with Crippen molar-refractivity contribution in [3.63, 3.8) is 0 Å². The number of esters is 1. The number of nitrogens with zero attached hydrogens (tertiary/aromatic N) is 2. The molecule has 0 aliphatic rings. The zero-order valence-corrected chi connectivity index (χ0v) is 10.2. The third kappa shape index (κ3) is 3.00. The van der Waals surface area contributed by atoms with Gasteiger partial charge in [0.1, 0.15) is 12.0 Å². The van der Waals surface area contributed by atoms with Crippen LogP contribution in [0.15, 0.2) is 9.79 Å². The second kappa shape index (κ2) is 5.39. The Hall–Kier alpha value is -1.96. The Morgan fingerprint density at radius 3 is 2.94 bits per heavy atom. The van der Waals surface area contributed by atoms with E-state index in [2.05, 4.69) is 14.7 Å². The van der Waals surface area contributed by atoms with E-state index in [1.54, 1.807) is 14.0 Å². The summed E-state index contributed by atoms with van der Waals surface area (Å²) in [6.07, 6.45) is 0.896. The number of rotatable bonds is 3. The van der Waals surface area contributed by atoms with Crippen molar-refractivity contribution in [2.24, 2.45) is 12.0 Å². The average molecular weight is 256 g/mol. The van der Waals surface area contributed by atoms with Gasteiger partial charge in [0.05, 0.1) is 6.61 Å². The predicted octanol–water partition coefficient (Wildman–Crippen LogP) is 0.290. The number of aromatic nitrogens is 2. The first-order valence-corrected chi connectivity index (χ1v) is 5.17. The zero-order chi connectivity index (χ0) is 13.0. The summed E-state index contributed by atoms with van der Waals surface area (Å²) in [4.78, 5) is 28.6. The van der Waals surface area contributed by atoms with Gasteiger partial charge in [-0.15, -0.1) is 0 Å². The molecule has 0 unspecified atom stereocenters. The number of hydrogen-bond donors (Lipinski definition) is 2. The molecule has 1 aromatic rings. The summed E-state index contributed by atoms with van der Waals surface area (Å²) in [5.74, 6) is -0.560. The van der Waals surface area contributed by atoms with Gasteiger partial charge in [0, 0.05) is 7.05 Å². The fourth-order valence-corrected chi connectivity index (χ4v) is 1.24. The van der Waals surface area contributed by atoms with Gasteiger partial charge in [-0.1, -0.05) is 0 Å². The van der Waals surface area contributed by atoms with Crippen molar-refractivity contribution in [3.8, 4) is 0 Å². The maximum atomic E-state index is 11.5. The van der Waals surface area contributed by atoms with Crippen molar-refractivity contribution < 1.29 is 9.53 Å². The van der Waals surface area contributed by atoms with E-state index in [9.17, 15) is 9.59 Å². The van der Waals surface area contributed by atoms with E-state index in [4.69, 9.17) is 18.0 Å². The molecule has 7 nitrogen and oxygen atoms in total. The summed E-state index contributed by atoms with van der Waals surface area (Å²) >= 11 is 4.85. The van der Waals surface area contributed by atoms with E-state index in [-0.39, 0.29) is 22.9 Å². The third-order valence-corrected chi connectivity index (χ3v) is 2.31. The first-order valence-electron chi connectivity index (χ1n) is 4.77. The highest BCUT2D eigenvalue weighted by molar-refractivity contribution is 7.71. The summed E-state index contributed by atoms with van der Waals surface area (Å²) in [5, 5.41) is 0. The van der Waals surface area contributed by atoms with Crippen LogP contribution in [0.4, 0.5) is 11.5 Å². The third-order valence-electron chi connectivity index (χ3n) is 1.93. The van der Waals surface area contributed by atoms with Gasteiger partial charge < -0.3 is 15.0 Å². The average Bonchev–Trinajstić information content (AvgIpc) is 2.26. The molecule has 1 rings (SSSR count). The van der Waals surface area contributed by atoms with Gasteiger partial charge in [-0.2, -0.15) is 0 Å². The second-order valence-corrected chi connectivity index (χ2v) is 3.45. The Morgan fingerprint density at radius 1 is 1.71 bits per heavy atom. The Labute approximate surface area is 102 Å². The normalized spacial score (nSPS) is 10.7. The standard InChI is InChI=1S/C9H12N4O3S/c1-3-16-5(14)4-11-6-7(10)13(2)9(17)12-8(6)15/h4H,3,10H2,1-2H3,(H,12,15,17). The molecule has 0 aliphatic heterocycles. The van der Waals surface area contributed by atoms with Crippen molar-refractivity contribution in [2.75, 3.05) is 12.3 Å². The first kappa shape index (κ1) is 13.1. The topological polar surface area (TPSA) is 102 Å². The molecule has 8 heteroatoms. The van der Waals surface area contributed by atoms with Crippen LogP contribution in [0.1, 0.15) is 6.92 Å². The quantitative estimate of drug-likeness (QED) is 0.459. The molecule has 0 aromatic carbocycles. The monoisotopic (exact) mass is 256 g/mol. The number of aromatic amines is 1. The fourth-order valence-electron chi connectivity index (χ4n) is 1.05. The van der Waals surface area contributed by atoms with E-state index in [1.165, 1.54) is 4.57 Å². The molecule has 0 radical (unpaired) electrons. The molecule has 0 aliphatic carbocycles. The van der Waals surface area contributed by atoms with Gasteiger partial charge in [0.2, 0.25) is 0 Å². The minimum atomic E-state index is -0.642. The number of hydrogen-bond acceptors (Lipinski definition) is 6. The molecular formula is C9H12N4O3S. The van der Waals surface area contributed by atoms with Crippen LogP contribution < -0.4 is 11.3 Å². The molecule has 0 atom stereocenters. The first-order chi connectivity index (χ1) is 7.97. The van der Waals surface area contributed by atoms with Crippen molar-refractivity contribution in [1.82, 2.24) is 9.55 Å². The highest BCUT2D eigenvalue weighted by Crippen LogP contribution is 2.13. The summed E-state index contributed by atoms with van der Waals surface area (Å²) < 4.78 is 6.20. The lowest BCUT2D eigenvalue weighted by Gasteiger charge is -2.05. The SMILES string of the molecule is CCOC(=O)C=Nc1c(N)n(C)c(=S)[nH]c1=O. The number of carbonyl (C=O) groups is 1. The Bertz CT molecular complexity index is 573. The minimum absolute atomic E-state index is 0.0749. The number of nitrogens with two attached hydrogens (primary N) is 1. The molecule has 17 heavy (non-hydrogen) atoms. The molecule has 0 amide bonds. The summed E-state index contributed by atoms with van der Waals surface area (Å²) in [7, 11) is 1.58.